The number of amides is 2. The van der Waals surface area contributed by atoms with E-state index < -0.39 is 28.5 Å². The van der Waals surface area contributed by atoms with E-state index >= 15 is 0 Å². The molecule has 0 aromatic heterocycles. The lowest BCUT2D eigenvalue weighted by molar-refractivity contribution is -0.140. The number of carbonyl (C=O) groups is 2. The average Bonchev–Trinajstić information content (AvgIpc) is 2.93. The van der Waals surface area contributed by atoms with Crippen LogP contribution in [-0.2, 0) is 26.2 Å². The van der Waals surface area contributed by atoms with Gasteiger partial charge in [0.1, 0.15) is 12.6 Å². The molecule has 1 N–H and O–H groups in total. The topological polar surface area (TPSA) is 86.8 Å². The van der Waals surface area contributed by atoms with Crippen molar-refractivity contribution in [1.29, 1.82) is 0 Å². The molecule has 0 aliphatic heterocycles. The number of carbonyl (C=O) groups excluding carboxylic acids is 2. The number of halogens is 1. The number of nitrogens with one attached hydrogen (secondary N) is 1. The van der Waals surface area contributed by atoms with E-state index in [0.29, 0.717) is 22.7 Å². The van der Waals surface area contributed by atoms with Crippen LogP contribution in [0.5, 0.6) is 0 Å². The number of benzene rings is 3. The highest BCUT2D eigenvalue weighted by atomic mass is 35.5. The van der Waals surface area contributed by atoms with E-state index in [9.17, 15) is 18.0 Å². The average molecular weight is 584 g/mol. The van der Waals surface area contributed by atoms with Gasteiger partial charge in [-0.25, -0.2) is 8.42 Å². The first-order valence-corrected chi connectivity index (χ1v) is 15.3. The zero-order valence-electron chi connectivity index (χ0n) is 23.7. The molecule has 0 aliphatic carbocycles. The van der Waals surface area contributed by atoms with Crippen LogP contribution in [0.2, 0.25) is 5.02 Å². The van der Waals surface area contributed by atoms with Gasteiger partial charge >= 0.3 is 0 Å². The Morgan fingerprint density at radius 3 is 2.25 bits per heavy atom. The molecule has 0 saturated carbocycles. The molecule has 0 spiro atoms. The highest BCUT2D eigenvalue weighted by Gasteiger charge is 2.34. The second-order valence-electron chi connectivity index (χ2n) is 10.0. The van der Waals surface area contributed by atoms with Gasteiger partial charge in [0, 0.05) is 17.6 Å². The standard InChI is InChI=1S/C31H38ClN3O4S/c1-6-24(5)33-31(37)28(7-2)34(20-25-13-11-12-22(3)18-25)30(36)21-35(29-19-26(32)17-16-23(29)4)40(38,39)27-14-9-8-10-15-27/h8-19,24,28H,6-7,20-21H2,1-5H3,(H,33,37)/t24-,28-/m0/s1. The van der Waals surface area contributed by atoms with Crippen LogP contribution in [0.4, 0.5) is 5.69 Å². The monoisotopic (exact) mass is 583 g/mol. The SMILES string of the molecule is CC[C@H](C)NC(=O)[C@H](CC)N(Cc1cccc(C)c1)C(=O)CN(c1cc(Cl)ccc1C)S(=O)(=O)c1ccccc1. The molecule has 0 bridgehead atoms. The molecule has 2 amide bonds. The van der Waals surface area contributed by atoms with Gasteiger partial charge in [-0.2, -0.15) is 0 Å². The lowest BCUT2D eigenvalue weighted by Crippen LogP contribution is -2.53. The maximum atomic E-state index is 14.2. The van der Waals surface area contributed by atoms with Crippen molar-refractivity contribution < 1.29 is 18.0 Å². The van der Waals surface area contributed by atoms with Crippen molar-refractivity contribution in [3.05, 3.63) is 94.5 Å². The Hall–Kier alpha value is -3.36. The Labute approximate surface area is 243 Å². The lowest BCUT2D eigenvalue weighted by Gasteiger charge is -2.34. The number of sulfonamides is 1. The fourth-order valence-electron chi connectivity index (χ4n) is 4.45. The minimum absolute atomic E-state index is 0.0500. The summed E-state index contributed by atoms with van der Waals surface area (Å²) in [5.74, 6) is -0.763. The zero-order valence-corrected chi connectivity index (χ0v) is 25.3. The first kappa shape index (κ1) is 31.2. The molecule has 0 fully saturated rings. The second kappa shape index (κ2) is 13.8. The van der Waals surface area contributed by atoms with E-state index in [1.54, 1.807) is 43.3 Å². The summed E-state index contributed by atoms with van der Waals surface area (Å²) in [7, 11) is -4.15. The highest BCUT2D eigenvalue weighted by molar-refractivity contribution is 7.92. The normalized spacial score (nSPS) is 12.8. The Bertz CT molecular complexity index is 1430. The summed E-state index contributed by atoms with van der Waals surface area (Å²) < 4.78 is 29.0. The first-order valence-electron chi connectivity index (χ1n) is 13.5. The molecule has 214 valence electrons. The third-order valence-corrected chi connectivity index (χ3v) is 8.88. The van der Waals surface area contributed by atoms with E-state index in [4.69, 9.17) is 11.6 Å². The van der Waals surface area contributed by atoms with Gasteiger partial charge in [0.25, 0.3) is 10.0 Å². The van der Waals surface area contributed by atoms with Crippen molar-refractivity contribution in [3.63, 3.8) is 0 Å². The number of hydrogen-bond acceptors (Lipinski definition) is 4. The van der Waals surface area contributed by atoms with Crippen LogP contribution in [0.15, 0.2) is 77.7 Å². The molecular formula is C31H38ClN3O4S. The van der Waals surface area contributed by atoms with Crippen molar-refractivity contribution in [1.82, 2.24) is 10.2 Å². The van der Waals surface area contributed by atoms with E-state index in [2.05, 4.69) is 5.32 Å². The Kier molecular flexibility index (Phi) is 10.8. The molecule has 3 aromatic rings. The van der Waals surface area contributed by atoms with Crippen molar-refractivity contribution in [3.8, 4) is 0 Å². The number of nitrogens with zero attached hydrogens (tertiary/aromatic N) is 2. The Morgan fingerprint density at radius 1 is 0.925 bits per heavy atom. The molecule has 0 radical (unpaired) electrons. The molecule has 2 atom stereocenters. The minimum atomic E-state index is -4.15. The van der Waals surface area contributed by atoms with E-state index in [-0.39, 0.29) is 23.4 Å². The molecule has 3 rings (SSSR count). The molecule has 0 heterocycles. The van der Waals surface area contributed by atoms with Crippen LogP contribution in [0, 0.1) is 13.8 Å². The molecule has 9 heteroatoms. The molecule has 0 unspecified atom stereocenters. The van der Waals surface area contributed by atoms with Crippen molar-refractivity contribution in [2.24, 2.45) is 0 Å². The summed E-state index contributed by atoms with van der Waals surface area (Å²) in [5.41, 5.74) is 2.81. The third-order valence-electron chi connectivity index (χ3n) is 6.87. The molecular weight excluding hydrogens is 546 g/mol. The van der Waals surface area contributed by atoms with Gasteiger partial charge in [0.2, 0.25) is 11.8 Å². The maximum Gasteiger partial charge on any atom is 0.264 e. The van der Waals surface area contributed by atoms with Crippen LogP contribution >= 0.6 is 11.6 Å². The molecule has 3 aromatic carbocycles. The van der Waals surface area contributed by atoms with Crippen LogP contribution in [-0.4, -0.2) is 43.8 Å². The van der Waals surface area contributed by atoms with E-state index in [0.717, 1.165) is 21.9 Å². The quantitative estimate of drug-likeness (QED) is 0.289. The van der Waals surface area contributed by atoms with Gasteiger partial charge in [-0.15, -0.1) is 0 Å². The maximum absolute atomic E-state index is 14.2. The fourth-order valence-corrected chi connectivity index (χ4v) is 6.11. The van der Waals surface area contributed by atoms with Gasteiger partial charge in [0.15, 0.2) is 0 Å². The minimum Gasteiger partial charge on any atom is -0.352 e. The van der Waals surface area contributed by atoms with Crippen LogP contribution in [0.25, 0.3) is 0 Å². The summed E-state index contributed by atoms with van der Waals surface area (Å²) in [4.78, 5) is 29.1. The fraction of sp³-hybridized carbons (Fsp3) is 0.355. The van der Waals surface area contributed by atoms with Crippen molar-refractivity contribution >= 4 is 39.1 Å². The predicted octanol–water partition coefficient (Wildman–Crippen LogP) is 5.87. The summed E-state index contributed by atoms with van der Waals surface area (Å²) in [5, 5.41) is 3.33. The highest BCUT2D eigenvalue weighted by Crippen LogP contribution is 2.30. The number of anilines is 1. The van der Waals surface area contributed by atoms with Crippen molar-refractivity contribution in [2.75, 3.05) is 10.8 Å². The smallest absolute Gasteiger partial charge is 0.264 e. The van der Waals surface area contributed by atoms with Gasteiger partial charge in [-0.05, 0) is 69.0 Å². The second-order valence-corrected chi connectivity index (χ2v) is 12.3. The van der Waals surface area contributed by atoms with E-state index in [1.807, 2.05) is 52.0 Å². The summed E-state index contributed by atoms with van der Waals surface area (Å²) >= 11 is 6.29. The number of hydrogen-bond donors (Lipinski definition) is 1. The van der Waals surface area contributed by atoms with Gasteiger partial charge in [-0.1, -0.05) is 79.5 Å². The Morgan fingerprint density at radius 2 is 1.62 bits per heavy atom. The van der Waals surface area contributed by atoms with Gasteiger partial charge < -0.3 is 10.2 Å². The molecule has 40 heavy (non-hydrogen) atoms. The lowest BCUT2D eigenvalue weighted by atomic mass is 10.1. The molecule has 0 aliphatic rings. The molecule has 7 nitrogen and oxygen atoms in total. The van der Waals surface area contributed by atoms with Gasteiger partial charge in [-0.3, -0.25) is 13.9 Å². The van der Waals surface area contributed by atoms with Crippen LogP contribution in [0.1, 0.15) is 50.3 Å². The summed E-state index contributed by atoms with van der Waals surface area (Å²) in [6.07, 6.45) is 1.10. The first-order chi connectivity index (χ1) is 19.0. The number of aryl methyl sites for hydroxylation is 2. The van der Waals surface area contributed by atoms with Crippen LogP contribution in [0.3, 0.4) is 0 Å². The summed E-state index contributed by atoms with van der Waals surface area (Å²) in [6, 6.07) is 19.8. The molecule has 0 saturated heterocycles. The van der Waals surface area contributed by atoms with Gasteiger partial charge in [0.05, 0.1) is 10.6 Å². The van der Waals surface area contributed by atoms with Crippen LogP contribution < -0.4 is 9.62 Å². The van der Waals surface area contributed by atoms with E-state index in [1.165, 1.54) is 17.0 Å². The zero-order chi connectivity index (χ0) is 29.4. The largest absolute Gasteiger partial charge is 0.352 e. The Balaban J connectivity index is 2.09. The number of rotatable bonds is 12. The summed E-state index contributed by atoms with van der Waals surface area (Å²) in [6.45, 7) is 9.10. The van der Waals surface area contributed by atoms with Crippen molar-refractivity contribution in [2.45, 2.75) is 71.0 Å². The predicted molar refractivity (Wildman–Crippen MR) is 161 cm³/mol. The third kappa shape index (κ3) is 7.64.